The predicted molar refractivity (Wildman–Crippen MR) is 100 cm³/mol. The van der Waals surface area contributed by atoms with Gasteiger partial charge in [-0.15, -0.1) is 0 Å². The Kier molecular flexibility index (Phi) is 6.14. The Morgan fingerprint density at radius 1 is 1.31 bits per heavy atom. The van der Waals surface area contributed by atoms with E-state index < -0.39 is 0 Å². The topological polar surface area (TPSA) is 61.9 Å². The van der Waals surface area contributed by atoms with Crippen molar-refractivity contribution >= 4 is 11.8 Å². The Morgan fingerprint density at radius 3 is 2.88 bits per heavy atom. The number of ether oxygens (including phenoxy) is 1. The Hall–Kier alpha value is -2.08. The summed E-state index contributed by atoms with van der Waals surface area (Å²) in [7, 11) is 0. The highest BCUT2D eigenvalue weighted by molar-refractivity contribution is 5.81. The van der Waals surface area contributed by atoms with Crippen LogP contribution in [0.5, 0.6) is 5.75 Å². The lowest BCUT2D eigenvalue weighted by molar-refractivity contribution is -0.140. The Bertz CT molecular complexity index is 647. The van der Waals surface area contributed by atoms with Crippen molar-refractivity contribution in [3.05, 3.63) is 29.8 Å². The zero-order valence-corrected chi connectivity index (χ0v) is 15.7. The molecule has 0 saturated carbocycles. The van der Waals surface area contributed by atoms with E-state index in [9.17, 15) is 9.59 Å². The standard InChI is InChI=1S/C20H29N3O3/c1-15(2)26-18-8-4-3-6-16(18)12-19(24)22-10-5-7-17(14-22)23-11-9-21-13-20(23)25/h3-4,6,8,15,17,21H,5,7,9-14H2,1-2H3. The summed E-state index contributed by atoms with van der Waals surface area (Å²) in [6.45, 7) is 7.34. The lowest BCUT2D eigenvalue weighted by atomic mass is 10.0. The molecule has 2 saturated heterocycles. The van der Waals surface area contributed by atoms with E-state index in [-0.39, 0.29) is 24.0 Å². The summed E-state index contributed by atoms with van der Waals surface area (Å²) in [5.41, 5.74) is 0.923. The molecule has 2 aliphatic rings. The van der Waals surface area contributed by atoms with Gasteiger partial charge in [-0.3, -0.25) is 9.59 Å². The maximum Gasteiger partial charge on any atom is 0.236 e. The molecule has 0 bridgehead atoms. The molecule has 2 amide bonds. The molecule has 6 heteroatoms. The largest absolute Gasteiger partial charge is 0.491 e. The first-order chi connectivity index (χ1) is 12.5. The summed E-state index contributed by atoms with van der Waals surface area (Å²) < 4.78 is 5.83. The Morgan fingerprint density at radius 2 is 2.12 bits per heavy atom. The van der Waals surface area contributed by atoms with Gasteiger partial charge in [-0.25, -0.2) is 0 Å². The van der Waals surface area contributed by atoms with Gasteiger partial charge in [0, 0.05) is 37.8 Å². The van der Waals surface area contributed by atoms with Crippen LogP contribution < -0.4 is 10.1 Å². The lowest BCUT2D eigenvalue weighted by Gasteiger charge is -2.41. The van der Waals surface area contributed by atoms with Crippen LogP contribution in [0.3, 0.4) is 0 Å². The highest BCUT2D eigenvalue weighted by atomic mass is 16.5. The molecule has 1 aromatic rings. The number of piperidine rings is 1. The fourth-order valence-electron chi connectivity index (χ4n) is 3.74. The minimum Gasteiger partial charge on any atom is -0.491 e. The molecule has 142 valence electrons. The van der Waals surface area contributed by atoms with Gasteiger partial charge in [-0.1, -0.05) is 18.2 Å². The molecular formula is C20H29N3O3. The zero-order valence-electron chi connectivity index (χ0n) is 15.7. The van der Waals surface area contributed by atoms with Gasteiger partial charge in [0.1, 0.15) is 5.75 Å². The van der Waals surface area contributed by atoms with E-state index >= 15 is 0 Å². The lowest BCUT2D eigenvalue weighted by Crippen LogP contribution is -2.57. The smallest absolute Gasteiger partial charge is 0.236 e. The van der Waals surface area contributed by atoms with Gasteiger partial charge >= 0.3 is 0 Å². The van der Waals surface area contributed by atoms with Crippen LogP contribution in [-0.4, -0.2) is 66.5 Å². The van der Waals surface area contributed by atoms with Crippen LogP contribution in [0.25, 0.3) is 0 Å². The quantitative estimate of drug-likeness (QED) is 0.864. The molecule has 0 aliphatic carbocycles. The summed E-state index contributed by atoms with van der Waals surface area (Å²) in [5.74, 6) is 1.03. The zero-order chi connectivity index (χ0) is 18.5. The van der Waals surface area contributed by atoms with Crippen molar-refractivity contribution in [2.24, 2.45) is 0 Å². The van der Waals surface area contributed by atoms with Crippen LogP contribution in [0, 0.1) is 0 Å². The number of hydrogen-bond donors (Lipinski definition) is 1. The summed E-state index contributed by atoms with van der Waals surface area (Å²) >= 11 is 0. The second-order valence-corrected chi connectivity index (χ2v) is 7.35. The van der Waals surface area contributed by atoms with Crippen molar-refractivity contribution < 1.29 is 14.3 Å². The summed E-state index contributed by atoms with van der Waals surface area (Å²) in [4.78, 5) is 28.9. The molecule has 3 rings (SSSR count). The highest BCUT2D eigenvalue weighted by Gasteiger charge is 2.31. The number of benzene rings is 1. The molecule has 2 aliphatic heterocycles. The molecule has 1 atom stereocenters. The number of nitrogens with zero attached hydrogens (tertiary/aromatic N) is 2. The molecule has 1 aromatic carbocycles. The second kappa shape index (κ2) is 8.54. The van der Waals surface area contributed by atoms with E-state index in [2.05, 4.69) is 5.32 Å². The minimum absolute atomic E-state index is 0.0735. The van der Waals surface area contributed by atoms with E-state index in [0.29, 0.717) is 19.5 Å². The first kappa shape index (κ1) is 18.7. The van der Waals surface area contributed by atoms with Crippen LogP contribution in [0.4, 0.5) is 0 Å². The van der Waals surface area contributed by atoms with E-state index in [1.165, 1.54) is 0 Å². The van der Waals surface area contributed by atoms with Crippen molar-refractivity contribution in [3.63, 3.8) is 0 Å². The van der Waals surface area contributed by atoms with Crippen LogP contribution in [0.15, 0.2) is 24.3 Å². The molecule has 0 aromatic heterocycles. The van der Waals surface area contributed by atoms with Gasteiger partial charge in [-0.05, 0) is 32.8 Å². The predicted octanol–water partition coefficient (Wildman–Crippen LogP) is 1.44. The fraction of sp³-hybridized carbons (Fsp3) is 0.600. The van der Waals surface area contributed by atoms with Gasteiger partial charge in [-0.2, -0.15) is 0 Å². The van der Waals surface area contributed by atoms with E-state index in [0.717, 1.165) is 43.8 Å². The van der Waals surface area contributed by atoms with E-state index in [1.54, 1.807) is 0 Å². The van der Waals surface area contributed by atoms with Crippen molar-refractivity contribution in [3.8, 4) is 5.75 Å². The number of rotatable bonds is 5. The molecule has 6 nitrogen and oxygen atoms in total. The molecule has 26 heavy (non-hydrogen) atoms. The first-order valence-corrected chi connectivity index (χ1v) is 9.57. The monoisotopic (exact) mass is 359 g/mol. The molecule has 1 unspecified atom stereocenters. The number of likely N-dealkylation sites (tertiary alicyclic amines) is 1. The third-order valence-corrected chi connectivity index (χ3v) is 4.99. The number of hydrogen-bond acceptors (Lipinski definition) is 4. The number of para-hydroxylation sites is 1. The van der Waals surface area contributed by atoms with Crippen LogP contribution >= 0.6 is 0 Å². The normalized spacial score (nSPS) is 21.2. The van der Waals surface area contributed by atoms with Gasteiger partial charge in [0.2, 0.25) is 11.8 Å². The van der Waals surface area contributed by atoms with Crippen molar-refractivity contribution in [1.82, 2.24) is 15.1 Å². The number of amides is 2. The second-order valence-electron chi connectivity index (χ2n) is 7.35. The van der Waals surface area contributed by atoms with E-state index in [1.807, 2.05) is 47.9 Å². The maximum absolute atomic E-state index is 12.9. The Balaban J connectivity index is 1.64. The first-order valence-electron chi connectivity index (χ1n) is 9.57. The van der Waals surface area contributed by atoms with E-state index in [4.69, 9.17) is 4.74 Å². The number of nitrogens with one attached hydrogen (secondary N) is 1. The van der Waals surface area contributed by atoms with Crippen LogP contribution in [0.1, 0.15) is 32.3 Å². The molecule has 2 heterocycles. The Labute approximate surface area is 155 Å². The summed E-state index contributed by atoms with van der Waals surface area (Å²) in [6, 6.07) is 7.88. The summed E-state index contributed by atoms with van der Waals surface area (Å²) in [5, 5.41) is 3.11. The average Bonchev–Trinajstić information content (AvgIpc) is 2.63. The van der Waals surface area contributed by atoms with Gasteiger partial charge in [0.15, 0.2) is 0 Å². The molecule has 0 radical (unpaired) electrons. The molecule has 2 fully saturated rings. The minimum atomic E-state index is 0.0735. The third-order valence-electron chi connectivity index (χ3n) is 4.99. The average molecular weight is 359 g/mol. The summed E-state index contributed by atoms with van der Waals surface area (Å²) in [6.07, 6.45) is 2.33. The van der Waals surface area contributed by atoms with Crippen LogP contribution in [0.2, 0.25) is 0 Å². The molecule has 1 N–H and O–H groups in total. The molecule has 0 spiro atoms. The van der Waals surface area contributed by atoms with Crippen molar-refractivity contribution in [1.29, 1.82) is 0 Å². The third kappa shape index (κ3) is 4.55. The van der Waals surface area contributed by atoms with Gasteiger partial charge < -0.3 is 19.9 Å². The number of carbonyl (C=O) groups is 2. The number of piperazine rings is 1. The van der Waals surface area contributed by atoms with Gasteiger partial charge in [0.05, 0.1) is 19.1 Å². The van der Waals surface area contributed by atoms with Crippen molar-refractivity contribution in [2.45, 2.75) is 45.3 Å². The van der Waals surface area contributed by atoms with Crippen molar-refractivity contribution in [2.75, 3.05) is 32.7 Å². The fourth-order valence-corrected chi connectivity index (χ4v) is 3.74. The highest BCUT2D eigenvalue weighted by Crippen LogP contribution is 2.22. The van der Waals surface area contributed by atoms with Crippen LogP contribution in [-0.2, 0) is 16.0 Å². The number of carbonyl (C=O) groups excluding carboxylic acids is 2. The molecular weight excluding hydrogens is 330 g/mol. The SMILES string of the molecule is CC(C)Oc1ccccc1CC(=O)N1CCCC(N2CCNCC2=O)C1. The maximum atomic E-state index is 12.9. The van der Waals surface area contributed by atoms with Gasteiger partial charge in [0.25, 0.3) is 0 Å².